The number of ketones is 1. The van der Waals surface area contributed by atoms with Crippen molar-refractivity contribution in [1.82, 2.24) is 0 Å². The second-order valence-corrected chi connectivity index (χ2v) is 11.2. The van der Waals surface area contributed by atoms with E-state index < -0.39 is 5.60 Å². The molecule has 0 aliphatic heterocycles. The fourth-order valence-electron chi connectivity index (χ4n) is 6.38. The van der Waals surface area contributed by atoms with Gasteiger partial charge in [-0.3, -0.25) is 4.79 Å². The lowest BCUT2D eigenvalue weighted by Gasteiger charge is -2.25. The lowest BCUT2D eigenvalue weighted by molar-refractivity contribution is 0.0442. The number of aliphatic hydroxyl groups is 1. The Kier molecular flexibility index (Phi) is 6.47. The molecular formula is C32H23BrF4O2. The van der Waals surface area contributed by atoms with Gasteiger partial charge < -0.3 is 5.11 Å². The van der Waals surface area contributed by atoms with Crippen molar-refractivity contribution in [1.29, 1.82) is 0 Å². The van der Waals surface area contributed by atoms with Gasteiger partial charge in [0.2, 0.25) is 0 Å². The number of benzene rings is 4. The van der Waals surface area contributed by atoms with E-state index in [4.69, 9.17) is 0 Å². The smallest absolute Gasteiger partial charge is 0.166 e. The Morgan fingerprint density at radius 2 is 1.38 bits per heavy atom. The van der Waals surface area contributed by atoms with Gasteiger partial charge in [-0.2, -0.15) is 0 Å². The predicted octanol–water partition coefficient (Wildman–Crippen LogP) is 7.25. The van der Waals surface area contributed by atoms with E-state index in [0.717, 1.165) is 0 Å². The van der Waals surface area contributed by atoms with Gasteiger partial charge in [0.15, 0.2) is 5.78 Å². The van der Waals surface area contributed by atoms with Crippen LogP contribution < -0.4 is 0 Å². The molecule has 3 aliphatic carbocycles. The van der Waals surface area contributed by atoms with Crippen molar-refractivity contribution in [3.05, 3.63) is 139 Å². The Balaban J connectivity index is 0.000000142. The molecule has 7 heteroatoms. The normalized spacial score (nSPS) is 22.1. The quantitative estimate of drug-likeness (QED) is 0.248. The van der Waals surface area contributed by atoms with Crippen LogP contribution in [0.1, 0.15) is 43.7 Å². The van der Waals surface area contributed by atoms with Gasteiger partial charge in [-0.1, -0.05) is 46.3 Å². The molecule has 39 heavy (non-hydrogen) atoms. The maximum absolute atomic E-state index is 13.8. The van der Waals surface area contributed by atoms with Crippen molar-refractivity contribution >= 4 is 21.7 Å². The summed E-state index contributed by atoms with van der Waals surface area (Å²) in [6.45, 7) is 0. The van der Waals surface area contributed by atoms with Crippen LogP contribution >= 0.6 is 15.9 Å². The molecule has 0 radical (unpaired) electrons. The third-order valence-electron chi connectivity index (χ3n) is 8.23. The lowest BCUT2D eigenvalue weighted by atomic mass is 9.86. The number of halogens is 5. The molecule has 1 unspecified atom stereocenters. The largest absolute Gasteiger partial charge is 0.380 e. The molecule has 0 spiro atoms. The molecule has 3 aliphatic rings. The Hall–Kier alpha value is -3.29. The molecule has 4 aromatic rings. The van der Waals surface area contributed by atoms with Crippen LogP contribution in [-0.4, -0.2) is 10.9 Å². The summed E-state index contributed by atoms with van der Waals surface area (Å²) >= 11 is 3.31. The van der Waals surface area contributed by atoms with Gasteiger partial charge >= 0.3 is 0 Å². The molecule has 0 saturated carbocycles. The number of hydrogen-bond donors (Lipinski definition) is 1. The van der Waals surface area contributed by atoms with Gasteiger partial charge in [0, 0.05) is 27.4 Å². The lowest BCUT2D eigenvalue weighted by Crippen LogP contribution is -2.28. The van der Waals surface area contributed by atoms with Crippen LogP contribution in [0.2, 0.25) is 0 Å². The molecule has 0 heterocycles. The number of Topliss-reactive ketones (excluding diaryl/α,β-unsaturated/α-hetero) is 1. The van der Waals surface area contributed by atoms with Crippen LogP contribution in [0.4, 0.5) is 17.6 Å². The highest BCUT2D eigenvalue weighted by molar-refractivity contribution is 9.10. The Labute approximate surface area is 231 Å². The first-order valence-electron chi connectivity index (χ1n) is 12.7. The van der Waals surface area contributed by atoms with Crippen molar-refractivity contribution in [3.8, 4) is 0 Å². The minimum atomic E-state index is -1.23. The number of hydrogen-bond acceptors (Lipinski definition) is 2. The maximum Gasteiger partial charge on any atom is 0.166 e. The summed E-state index contributed by atoms with van der Waals surface area (Å²) in [5.41, 5.74) is 2.89. The topological polar surface area (TPSA) is 37.3 Å². The number of carbonyl (C=O) groups excluding carboxylic acids is 1. The van der Waals surface area contributed by atoms with Gasteiger partial charge in [0.25, 0.3) is 0 Å². The summed E-state index contributed by atoms with van der Waals surface area (Å²) in [6.07, 6.45) is 1.72. The Bertz CT molecular complexity index is 1560. The van der Waals surface area contributed by atoms with Crippen LogP contribution in [0.3, 0.4) is 0 Å². The second-order valence-electron chi connectivity index (χ2n) is 10.4. The minimum Gasteiger partial charge on any atom is -0.380 e. The molecule has 0 bridgehead atoms. The van der Waals surface area contributed by atoms with Crippen LogP contribution in [0.15, 0.2) is 77.3 Å². The molecule has 0 fully saturated rings. The minimum absolute atomic E-state index is 0.0323. The van der Waals surface area contributed by atoms with E-state index in [-0.39, 0.29) is 40.9 Å². The van der Waals surface area contributed by atoms with Crippen molar-refractivity contribution in [3.63, 3.8) is 0 Å². The first-order chi connectivity index (χ1) is 18.7. The van der Waals surface area contributed by atoms with Gasteiger partial charge in [-0.15, -0.1) is 0 Å². The highest BCUT2D eigenvalue weighted by Crippen LogP contribution is 2.53. The molecular weight excluding hydrogens is 572 g/mol. The van der Waals surface area contributed by atoms with Crippen molar-refractivity contribution < 1.29 is 27.5 Å². The highest BCUT2D eigenvalue weighted by atomic mass is 79.9. The Morgan fingerprint density at radius 1 is 0.795 bits per heavy atom. The van der Waals surface area contributed by atoms with Crippen LogP contribution in [0, 0.1) is 35.1 Å². The molecule has 4 aromatic carbocycles. The van der Waals surface area contributed by atoms with E-state index in [1.807, 2.05) is 0 Å². The Morgan fingerprint density at radius 3 is 2.00 bits per heavy atom. The molecule has 1 atom stereocenters. The molecule has 0 aromatic heterocycles. The summed E-state index contributed by atoms with van der Waals surface area (Å²) < 4.78 is 55.4. The van der Waals surface area contributed by atoms with Gasteiger partial charge in [0.1, 0.15) is 28.9 Å². The van der Waals surface area contributed by atoms with E-state index >= 15 is 0 Å². The van der Waals surface area contributed by atoms with E-state index in [9.17, 15) is 27.5 Å². The zero-order chi connectivity index (χ0) is 27.5. The number of fused-ring (bicyclic) bond motifs is 6. The van der Waals surface area contributed by atoms with E-state index in [0.29, 0.717) is 69.1 Å². The van der Waals surface area contributed by atoms with Crippen molar-refractivity contribution in [2.24, 2.45) is 11.8 Å². The highest BCUT2D eigenvalue weighted by Gasteiger charge is 2.53. The first kappa shape index (κ1) is 26.0. The summed E-state index contributed by atoms with van der Waals surface area (Å²) in [7, 11) is 0. The maximum atomic E-state index is 13.8. The summed E-state index contributed by atoms with van der Waals surface area (Å²) in [5, 5.41) is 11.1. The van der Waals surface area contributed by atoms with E-state index in [1.165, 1.54) is 36.4 Å². The summed E-state index contributed by atoms with van der Waals surface area (Å²) in [5.74, 6) is -1.74. The standard InChI is InChI=1S/C16H11BrF2O.C16H12F2O/c17-14-2-1-3-15(19)13(14)8-10-6-9-7-11(18)4-5-12(9)16(10)20;17-14-5-1-3-12-10(14)7-9-8-11-13(16(9,12)19)4-2-6-15(11)18/h1-5,7,10H,6,8H2;1-6,9,19H,7-8H2. The van der Waals surface area contributed by atoms with E-state index in [1.54, 1.807) is 36.4 Å². The van der Waals surface area contributed by atoms with Gasteiger partial charge in [-0.25, -0.2) is 17.6 Å². The monoisotopic (exact) mass is 594 g/mol. The fraction of sp³-hybridized carbons (Fsp3) is 0.219. The zero-order valence-electron chi connectivity index (χ0n) is 20.7. The fourth-order valence-corrected chi connectivity index (χ4v) is 6.88. The van der Waals surface area contributed by atoms with Gasteiger partial charge in [-0.05, 0) is 96.0 Å². The average Bonchev–Trinajstić information content (AvgIpc) is 3.48. The van der Waals surface area contributed by atoms with Crippen LogP contribution in [-0.2, 0) is 31.3 Å². The third-order valence-corrected chi connectivity index (χ3v) is 8.98. The number of rotatable bonds is 2. The first-order valence-corrected chi connectivity index (χ1v) is 13.5. The van der Waals surface area contributed by atoms with Gasteiger partial charge in [0.05, 0.1) is 0 Å². The molecule has 0 saturated heterocycles. The molecule has 0 amide bonds. The molecule has 198 valence electrons. The van der Waals surface area contributed by atoms with Crippen LogP contribution in [0.5, 0.6) is 0 Å². The predicted molar refractivity (Wildman–Crippen MR) is 142 cm³/mol. The third kappa shape index (κ3) is 4.23. The van der Waals surface area contributed by atoms with Crippen molar-refractivity contribution in [2.75, 3.05) is 0 Å². The molecule has 2 nitrogen and oxygen atoms in total. The van der Waals surface area contributed by atoms with Crippen molar-refractivity contribution in [2.45, 2.75) is 31.3 Å². The summed E-state index contributed by atoms with van der Waals surface area (Å²) in [4.78, 5) is 12.3. The zero-order valence-corrected chi connectivity index (χ0v) is 22.2. The second kappa shape index (κ2) is 9.72. The van der Waals surface area contributed by atoms with E-state index in [2.05, 4.69) is 15.9 Å². The summed E-state index contributed by atoms with van der Waals surface area (Å²) in [6, 6.07) is 18.5. The number of carbonyl (C=O) groups is 1. The molecule has 1 N–H and O–H groups in total. The molecule has 7 rings (SSSR count). The SMILES string of the molecule is O=C1c2ccc(F)cc2CC1Cc1c(F)cccc1Br.OC12c3cccc(F)c3CC1Cc1c(F)cccc12. The average molecular weight is 595 g/mol. The van der Waals surface area contributed by atoms with Crippen LogP contribution in [0.25, 0.3) is 0 Å².